The Balaban J connectivity index is 1.51. The van der Waals surface area contributed by atoms with Gasteiger partial charge in [-0.3, -0.25) is 4.99 Å². The van der Waals surface area contributed by atoms with Crippen molar-refractivity contribution in [3.63, 3.8) is 0 Å². The number of para-hydroxylation sites is 1. The van der Waals surface area contributed by atoms with Crippen LogP contribution in [0.1, 0.15) is 44.0 Å². The Bertz CT molecular complexity index is 864. The van der Waals surface area contributed by atoms with Crippen molar-refractivity contribution in [1.29, 1.82) is 5.26 Å². The van der Waals surface area contributed by atoms with E-state index in [2.05, 4.69) is 38.1 Å². The van der Waals surface area contributed by atoms with Crippen LogP contribution >= 0.6 is 0 Å². The van der Waals surface area contributed by atoms with Crippen LogP contribution in [0.5, 0.6) is 0 Å². The molecule has 3 rings (SSSR count). The van der Waals surface area contributed by atoms with Crippen LogP contribution in [0.15, 0.2) is 41.7 Å². The zero-order chi connectivity index (χ0) is 21.2. The first-order valence-electron chi connectivity index (χ1n) is 11.0. The second-order valence-electron chi connectivity index (χ2n) is 7.69. The molecule has 2 aromatic rings. The number of aliphatic imine (C=N–C) groups is 1. The van der Waals surface area contributed by atoms with Crippen molar-refractivity contribution < 1.29 is 0 Å². The fraction of sp³-hybridized carbons (Fsp3) is 0.522. The van der Waals surface area contributed by atoms with Gasteiger partial charge in [0.25, 0.3) is 0 Å². The minimum atomic E-state index is 0.317. The fourth-order valence-electron chi connectivity index (χ4n) is 3.90. The Labute approximate surface area is 179 Å². The van der Waals surface area contributed by atoms with E-state index >= 15 is 0 Å². The number of imidazole rings is 1. The predicted molar refractivity (Wildman–Crippen MR) is 122 cm³/mol. The van der Waals surface area contributed by atoms with E-state index in [1.165, 1.54) is 0 Å². The highest BCUT2D eigenvalue weighted by Crippen LogP contribution is 2.23. The maximum absolute atomic E-state index is 9.42. The summed E-state index contributed by atoms with van der Waals surface area (Å²) in [5.41, 5.74) is 1.77. The minimum Gasteiger partial charge on any atom is -0.368 e. The third-order valence-electron chi connectivity index (χ3n) is 5.47. The molecule has 0 radical (unpaired) electrons. The van der Waals surface area contributed by atoms with Gasteiger partial charge in [0.2, 0.25) is 0 Å². The first-order chi connectivity index (χ1) is 14.7. The molecule has 2 heterocycles. The van der Waals surface area contributed by atoms with Crippen LogP contribution in [0.25, 0.3) is 0 Å². The molecule has 0 aliphatic carbocycles. The van der Waals surface area contributed by atoms with Crippen molar-refractivity contribution >= 4 is 11.6 Å². The summed E-state index contributed by atoms with van der Waals surface area (Å²) in [5, 5.41) is 16.4. The monoisotopic (exact) mass is 407 g/mol. The zero-order valence-electron chi connectivity index (χ0n) is 18.1. The molecule has 1 saturated heterocycles. The molecule has 1 aromatic carbocycles. The number of rotatable bonds is 8. The third kappa shape index (κ3) is 5.99. The maximum atomic E-state index is 9.42. The molecule has 0 saturated carbocycles. The molecule has 1 fully saturated rings. The molecule has 160 valence electrons. The van der Waals surface area contributed by atoms with Crippen molar-refractivity contribution in [3.8, 4) is 6.07 Å². The second kappa shape index (κ2) is 11.2. The molecule has 1 aliphatic rings. The van der Waals surface area contributed by atoms with E-state index in [0.717, 1.165) is 81.4 Å². The molecule has 7 nitrogen and oxygen atoms in total. The van der Waals surface area contributed by atoms with Crippen LogP contribution in [0, 0.1) is 18.3 Å². The number of piperidine rings is 1. The number of anilines is 1. The summed E-state index contributed by atoms with van der Waals surface area (Å²) in [6.45, 7) is 8.62. The fourth-order valence-corrected chi connectivity index (χ4v) is 3.90. The standard InChI is InChI=1S/C23H33N7/c1-3-25-23(27-12-6-7-14-29-16-13-26-19(29)2)28-21-10-8-15-30(18-21)22-11-5-4-9-20(22)17-24/h4-5,9,11,13,16,21H,3,6-8,10,12,14-15,18H2,1-2H3,(H2,25,27,28). The molecule has 0 amide bonds. The number of hydrogen-bond donors (Lipinski definition) is 2. The number of nitrogens with zero attached hydrogens (tertiary/aromatic N) is 5. The van der Waals surface area contributed by atoms with Crippen LogP contribution in [0.4, 0.5) is 5.69 Å². The molecule has 2 N–H and O–H groups in total. The topological polar surface area (TPSA) is 81.3 Å². The SMILES string of the molecule is CCNC(=NCCCCn1ccnc1C)NC1CCCN(c2ccccc2C#N)C1. The van der Waals surface area contributed by atoms with Gasteiger partial charge in [0.05, 0.1) is 11.3 Å². The summed E-state index contributed by atoms with van der Waals surface area (Å²) in [4.78, 5) is 11.4. The Morgan fingerprint density at radius 3 is 2.97 bits per heavy atom. The predicted octanol–water partition coefficient (Wildman–Crippen LogP) is 3.07. The van der Waals surface area contributed by atoms with Crippen molar-refractivity contribution in [2.24, 2.45) is 4.99 Å². The van der Waals surface area contributed by atoms with Crippen LogP contribution < -0.4 is 15.5 Å². The van der Waals surface area contributed by atoms with Gasteiger partial charge in [-0.2, -0.15) is 5.26 Å². The van der Waals surface area contributed by atoms with Gasteiger partial charge >= 0.3 is 0 Å². The Morgan fingerprint density at radius 2 is 2.20 bits per heavy atom. The molecular formula is C23H33N7. The number of benzene rings is 1. The van der Waals surface area contributed by atoms with Crippen molar-refractivity contribution in [2.75, 3.05) is 31.1 Å². The average molecular weight is 408 g/mol. The molecule has 1 unspecified atom stereocenters. The van der Waals surface area contributed by atoms with Crippen LogP contribution in [-0.4, -0.2) is 47.7 Å². The van der Waals surface area contributed by atoms with Gasteiger partial charge in [0, 0.05) is 51.2 Å². The van der Waals surface area contributed by atoms with E-state index in [9.17, 15) is 5.26 Å². The first-order valence-corrected chi connectivity index (χ1v) is 11.0. The molecule has 0 spiro atoms. The van der Waals surface area contributed by atoms with Gasteiger partial charge in [0.1, 0.15) is 11.9 Å². The Hall–Kier alpha value is -3.01. The molecule has 1 aliphatic heterocycles. The zero-order valence-corrected chi connectivity index (χ0v) is 18.1. The van der Waals surface area contributed by atoms with Gasteiger partial charge < -0.3 is 20.1 Å². The molecule has 1 atom stereocenters. The first kappa shape index (κ1) is 21.7. The van der Waals surface area contributed by atoms with Crippen LogP contribution in [-0.2, 0) is 6.54 Å². The summed E-state index contributed by atoms with van der Waals surface area (Å²) in [6, 6.07) is 10.5. The van der Waals surface area contributed by atoms with Gasteiger partial charge in [-0.25, -0.2) is 4.98 Å². The smallest absolute Gasteiger partial charge is 0.191 e. The van der Waals surface area contributed by atoms with Gasteiger partial charge in [-0.05, 0) is 51.7 Å². The number of nitriles is 1. The summed E-state index contributed by atoms with van der Waals surface area (Å²) in [7, 11) is 0. The molecule has 1 aromatic heterocycles. The Kier molecular flexibility index (Phi) is 8.13. The van der Waals surface area contributed by atoms with Crippen molar-refractivity contribution in [3.05, 3.63) is 48.0 Å². The number of aryl methyl sites for hydroxylation is 2. The van der Waals surface area contributed by atoms with E-state index in [-0.39, 0.29) is 0 Å². The summed E-state index contributed by atoms with van der Waals surface area (Å²) >= 11 is 0. The third-order valence-corrected chi connectivity index (χ3v) is 5.47. The van der Waals surface area contributed by atoms with Gasteiger partial charge in [0.15, 0.2) is 5.96 Å². The lowest BCUT2D eigenvalue weighted by molar-refractivity contribution is 0.467. The quantitative estimate of drug-likeness (QED) is 0.399. The largest absolute Gasteiger partial charge is 0.368 e. The van der Waals surface area contributed by atoms with Crippen LogP contribution in [0.3, 0.4) is 0 Å². The number of nitrogens with one attached hydrogen (secondary N) is 2. The lowest BCUT2D eigenvalue weighted by Crippen LogP contribution is -2.51. The number of guanidine groups is 1. The van der Waals surface area contributed by atoms with Gasteiger partial charge in [-0.15, -0.1) is 0 Å². The second-order valence-corrected chi connectivity index (χ2v) is 7.69. The normalized spacial score (nSPS) is 16.9. The van der Waals surface area contributed by atoms with E-state index in [1.807, 2.05) is 43.6 Å². The summed E-state index contributed by atoms with van der Waals surface area (Å²) < 4.78 is 2.18. The summed E-state index contributed by atoms with van der Waals surface area (Å²) in [6.07, 6.45) is 8.21. The van der Waals surface area contributed by atoms with Crippen molar-refractivity contribution in [2.45, 2.75) is 52.1 Å². The van der Waals surface area contributed by atoms with E-state index < -0.39 is 0 Å². The van der Waals surface area contributed by atoms with Gasteiger partial charge in [-0.1, -0.05) is 12.1 Å². The number of unbranched alkanes of at least 4 members (excludes halogenated alkanes) is 1. The molecule has 0 bridgehead atoms. The lowest BCUT2D eigenvalue weighted by Gasteiger charge is -2.35. The molecular weight excluding hydrogens is 374 g/mol. The summed E-state index contributed by atoms with van der Waals surface area (Å²) in [5.74, 6) is 1.95. The Morgan fingerprint density at radius 1 is 1.33 bits per heavy atom. The average Bonchev–Trinajstić information content (AvgIpc) is 3.18. The maximum Gasteiger partial charge on any atom is 0.191 e. The number of aromatic nitrogens is 2. The highest BCUT2D eigenvalue weighted by Gasteiger charge is 2.22. The van der Waals surface area contributed by atoms with E-state index in [0.29, 0.717) is 6.04 Å². The van der Waals surface area contributed by atoms with E-state index in [4.69, 9.17) is 4.99 Å². The lowest BCUT2D eigenvalue weighted by atomic mass is 10.0. The van der Waals surface area contributed by atoms with Crippen molar-refractivity contribution in [1.82, 2.24) is 20.2 Å². The van der Waals surface area contributed by atoms with Crippen LogP contribution in [0.2, 0.25) is 0 Å². The minimum absolute atomic E-state index is 0.317. The van der Waals surface area contributed by atoms with E-state index in [1.54, 1.807) is 0 Å². The highest BCUT2D eigenvalue weighted by atomic mass is 15.2. The molecule has 30 heavy (non-hydrogen) atoms. The number of hydrogen-bond acceptors (Lipinski definition) is 4. The molecule has 7 heteroatoms. The highest BCUT2D eigenvalue weighted by molar-refractivity contribution is 5.80.